The van der Waals surface area contributed by atoms with E-state index in [0.717, 1.165) is 16.5 Å². The number of nitriles is 1. The quantitative estimate of drug-likeness (QED) is 0.768. The SMILES string of the molecule is CCOc1nc(C)c2ccccc2c1C#N. The number of aryl methyl sites for hydroxylation is 1. The van der Waals surface area contributed by atoms with Gasteiger partial charge >= 0.3 is 0 Å². The zero-order valence-electron chi connectivity index (χ0n) is 9.32. The molecule has 0 aliphatic rings. The summed E-state index contributed by atoms with van der Waals surface area (Å²) in [6.45, 7) is 4.32. The van der Waals surface area contributed by atoms with Gasteiger partial charge in [-0.25, -0.2) is 4.98 Å². The Bertz CT molecular complexity index is 570. The highest BCUT2D eigenvalue weighted by Gasteiger charge is 2.11. The van der Waals surface area contributed by atoms with Crippen LogP contribution < -0.4 is 4.74 Å². The second-order valence-corrected chi connectivity index (χ2v) is 3.47. The van der Waals surface area contributed by atoms with Crippen LogP contribution in [-0.2, 0) is 0 Å². The van der Waals surface area contributed by atoms with Gasteiger partial charge in [-0.05, 0) is 13.8 Å². The van der Waals surface area contributed by atoms with E-state index in [4.69, 9.17) is 10.00 Å². The van der Waals surface area contributed by atoms with Crippen LogP contribution in [0.2, 0.25) is 0 Å². The van der Waals surface area contributed by atoms with Gasteiger partial charge in [0.05, 0.1) is 6.61 Å². The van der Waals surface area contributed by atoms with E-state index in [-0.39, 0.29) is 0 Å². The molecule has 0 bridgehead atoms. The van der Waals surface area contributed by atoms with Crippen molar-refractivity contribution in [3.8, 4) is 11.9 Å². The lowest BCUT2D eigenvalue weighted by molar-refractivity contribution is 0.326. The van der Waals surface area contributed by atoms with E-state index in [1.807, 2.05) is 38.1 Å². The fourth-order valence-corrected chi connectivity index (χ4v) is 1.75. The van der Waals surface area contributed by atoms with Crippen molar-refractivity contribution in [2.75, 3.05) is 6.61 Å². The average molecular weight is 212 g/mol. The van der Waals surface area contributed by atoms with Gasteiger partial charge in [-0.3, -0.25) is 0 Å². The summed E-state index contributed by atoms with van der Waals surface area (Å²) in [5.74, 6) is 0.432. The van der Waals surface area contributed by atoms with Crippen molar-refractivity contribution in [2.24, 2.45) is 0 Å². The van der Waals surface area contributed by atoms with Crippen molar-refractivity contribution in [1.82, 2.24) is 4.98 Å². The van der Waals surface area contributed by atoms with Gasteiger partial charge in [0, 0.05) is 16.5 Å². The van der Waals surface area contributed by atoms with Crippen LogP contribution >= 0.6 is 0 Å². The molecule has 0 N–H and O–H groups in total. The summed E-state index contributed by atoms with van der Waals surface area (Å²) in [4.78, 5) is 4.32. The monoisotopic (exact) mass is 212 g/mol. The molecule has 3 heteroatoms. The molecule has 3 nitrogen and oxygen atoms in total. The van der Waals surface area contributed by atoms with Crippen LogP contribution in [0.25, 0.3) is 10.8 Å². The maximum absolute atomic E-state index is 9.16. The summed E-state index contributed by atoms with van der Waals surface area (Å²) in [5.41, 5.74) is 1.40. The summed E-state index contributed by atoms with van der Waals surface area (Å²) >= 11 is 0. The molecule has 2 aromatic rings. The van der Waals surface area contributed by atoms with Crippen LogP contribution in [0, 0.1) is 18.3 Å². The molecule has 1 aromatic heterocycles. The smallest absolute Gasteiger partial charge is 0.232 e. The predicted molar refractivity (Wildman–Crippen MR) is 62.4 cm³/mol. The molecule has 1 heterocycles. The van der Waals surface area contributed by atoms with Crippen molar-refractivity contribution < 1.29 is 4.74 Å². The molecule has 0 aliphatic heterocycles. The van der Waals surface area contributed by atoms with Crippen molar-refractivity contribution in [1.29, 1.82) is 5.26 Å². The van der Waals surface area contributed by atoms with E-state index in [1.165, 1.54) is 0 Å². The maximum Gasteiger partial charge on any atom is 0.232 e. The topological polar surface area (TPSA) is 45.9 Å². The molecule has 0 aliphatic carbocycles. The van der Waals surface area contributed by atoms with Crippen molar-refractivity contribution in [2.45, 2.75) is 13.8 Å². The first kappa shape index (κ1) is 10.4. The molecule has 80 valence electrons. The van der Waals surface area contributed by atoms with Gasteiger partial charge in [-0.2, -0.15) is 5.26 Å². The lowest BCUT2D eigenvalue weighted by atomic mass is 10.1. The van der Waals surface area contributed by atoms with Crippen molar-refractivity contribution >= 4 is 10.8 Å². The lowest BCUT2D eigenvalue weighted by Crippen LogP contribution is -2.00. The first-order valence-corrected chi connectivity index (χ1v) is 5.20. The third-order valence-electron chi connectivity index (χ3n) is 2.46. The Morgan fingerprint density at radius 2 is 2.00 bits per heavy atom. The van der Waals surface area contributed by atoms with E-state index in [0.29, 0.717) is 18.1 Å². The predicted octanol–water partition coefficient (Wildman–Crippen LogP) is 2.81. The van der Waals surface area contributed by atoms with E-state index in [9.17, 15) is 0 Å². The van der Waals surface area contributed by atoms with Gasteiger partial charge in [-0.1, -0.05) is 24.3 Å². The van der Waals surface area contributed by atoms with Crippen LogP contribution in [0.4, 0.5) is 0 Å². The molecular formula is C13H12N2O. The largest absolute Gasteiger partial charge is 0.477 e. The summed E-state index contributed by atoms with van der Waals surface area (Å²) in [7, 11) is 0. The van der Waals surface area contributed by atoms with E-state index >= 15 is 0 Å². The number of hydrogen-bond acceptors (Lipinski definition) is 3. The van der Waals surface area contributed by atoms with Crippen LogP contribution in [-0.4, -0.2) is 11.6 Å². The number of benzene rings is 1. The maximum atomic E-state index is 9.16. The Balaban J connectivity index is 2.81. The minimum atomic E-state index is 0.432. The lowest BCUT2D eigenvalue weighted by Gasteiger charge is -2.09. The van der Waals surface area contributed by atoms with Gasteiger partial charge in [0.2, 0.25) is 5.88 Å². The molecule has 0 amide bonds. The van der Waals surface area contributed by atoms with Gasteiger partial charge < -0.3 is 4.74 Å². The molecule has 0 unspecified atom stereocenters. The molecule has 2 rings (SSSR count). The molecule has 0 fully saturated rings. The van der Waals surface area contributed by atoms with Crippen LogP contribution in [0.1, 0.15) is 18.2 Å². The minimum Gasteiger partial charge on any atom is -0.477 e. The van der Waals surface area contributed by atoms with Gasteiger partial charge in [0.15, 0.2) is 0 Å². The molecule has 0 saturated carbocycles. The second-order valence-electron chi connectivity index (χ2n) is 3.47. The van der Waals surface area contributed by atoms with Gasteiger partial charge in [0.1, 0.15) is 11.6 Å². The Labute approximate surface area is 94.3 Å². The third-order valence-corrected chi connectivity index (χ3v) is 2.46. The van der Waals surface area contributed by atoms with Crippen molar-refractivity contribution in [3.63, 3.8) is 0 Å². The third kappa shape index (κ3) is 1.59. The zero-order chi connectivity index (χ0) is 11.5. The molecule has 16 heavy (non-hydrogen) atoms. The Kier molecular flexibility index (Phi) is 2.74. The van der Waals surface area contributed by atoms with Gasteiger partial charge in [-0.15, -0.1) is 0 Å². The summed E-state index contributed by atoms with van der Waals surface area (Å²) in [6.07, 6.45) is 0. The molecule has 1 aromatic carbocycles. The Morgan fingerprint density at radius 1 is 1.31 bits per heavy atom. The highest BCUT2D eigenvalue weighted by molar-refractivity contribution is 5.90. The van der Waals surface area contributed by atoms with Crippen LogP contribution in [0.3, 0.4) is 0 Å². The number of rotatable bonds is 2. The first-order chi connectivity index (χ1) is 7.77. The second kappa shape index (κ2) is 4.19. The van der Waals surface area contributed by atoms with Crippen molar-refractivity contribution in [3.05, 3.63) is 35.5 Å². The molecule has 0 saturated heterocycles. The molecule has 0 atom stereocenters. The molecule has 0 radical (unpaired) electrons. The van der Waals surface area contributed by atoms with Crippen LogP contribution in [0.15, 0.2) is 24.3 Å². The normalized spacial score (nSPS) is 10.1. The minimum absolute atomic E-state index is 0.432. The summed E-state index contributed by atoms with van der Waals surface area (Å²) < 4.78 is 5.38. The Morgan fingerprint density at radius 3 is 2.62 bits per heavy atom. The van der Waals surface area contributed by atoms with E-state index in [2.05, 4.69) is 11.1 Å². The number of hydrogen-bond donors (Lipinski definition) is 0. The molecule has 0 spiro atoms. The zero-order valence-corrected chi connectivity index (χ0v) is 9.32. The Hall–Kier alpha value is -2.08. The van der Waals surface area contributed by atoms with E-state index in [1.54, 1.807) is 0 Å². The fourth-order valence-electron chi connectivity index (χ4n) is 1.75. The first-order valence-electron chi connectivity index (χ1n) is 5.20. The number of pyridine rings is 1. The highest BCUT2D eigenvalue weighted by atomic mass is 16.5. The van der Waals surface area contributed by atoms with Crippen LogP contribution in [0.5, 0.6) is 5.88 Å². The van der Waals surface area contributed by atoms with E-state index < -0.39 is 0 Å². The molecular weight excluding hydrogens is 200 g/mol. The fraction of sp³-hybridized carbons (Fsp3) is 0.231. The standard InChI is InChI=1S/C13H12N2O/c1-3-16-13-12(8-14)11-7-5-4-6-10(11)9(2)15-13/h4-7H,3H2,1-2H3. The number of aromatic nitrogens is 1. The number of ether oxygens (including phenoxy) is 1. The highest BCUT2D eigenvalue weighted by Crippen LogP contribution is 2.27. The number of nitrogens with zero attached hydrogens (tertiary/aromatic N) is 2. The summed E-state index contributed by atoms with van der Waals surface area (Å²) in [5, 5.41) is 11.1. The summed E-state index contributed by atoms with van der Waals surface area (Å²) in [6, 6.07) is 9.91. The number of fused-ring (bicyclic) bond motifs is 1. The average Bonchev–Trinajstić information content (AvgIpc) is 2.30. The van der Waals surface area contributed by atoms with Gasteiger partial charge in [0.25, 0.3) is 0 Å².